The molecule has 0 bridgehead atoms. The van der Waals surface area contributed by atoms with Crippen molar-refractivity contribution < 1.29 is 4.79 Å². The van der Waals surface area contributed by atoms with Gasteiger partial charge < -0.3 is 5.32 Å². The summed E-state index contributed by atoms with van der Waals surface area (Å²) in [5.41, 5.74) is 0. The maximum absolute atomic E-state index is 11.9. The van der Waals surface area contributed by atoms with E-state index in [0.717, 1.165) is 17.5 Å². The van der Waals surface area contributed by atoms with Crippen molar-refractivity contribution in [2.75, 3.05) is 11.6 Å². The summed E-state index contributed by atoms with van der Waals surface area (Å²) >= 11 is 1.80. The van der Waals surface area contributed by atoms with E-state index < -0.39 is 0 Å². The van der Waals surface area contributed by atoms with Crippen LogP contribution in [0.25, 0.3) is 0 Å². The maximum Gasteiger partial charge on any atom is 0.238 e. The van der Waals surface area contributed by atoms with E-state index in [2.05, 4.69) is 17.6 Å². The van der Waals surface area contributed by atoms with Crippen molar-refractivity contribution in [2.24, 2.45) is 5.92 Å². The molecule has 1 saturated carbocycles. The average Bonchev–Trinajstić information content (AvgIpc) is 2.83. The Morgan fingerprint density at radius 3 is 2.59 bits per heavy atom. The van der Waals surface area contributed by atoms with E-state index in [9.17, 15) is 4.79 Å². The summed E-state index contributed by atoms with van der Waals surface area (Å²) in [5.74, 6) is 2.95. The van der Waals surface area contributed by atoms with Crippen molar-refractivity contribution in [3.05, 3.63) is 0 Å². The molecular formula is C12H23ClN2OS. The Hall–Kier alpha value is 0.0700. The number of carbonyl (C=O) groups excluding carboxylic acids is 1. The van der Waals surface area contributed by atoms with Gasteiger partial charge in [-0.2, -0.15) is 0 Å². The van der Waals surface area contributed by atoms with Gasteiger partial charge >= 0.3 is 0 Å². The molecule has 1 saturated heterocycles. The first kappa shape index (κ1) is 15.1. The Balaban J connectivity index is 0.00000144. The van der Waals surface area contributed by atoms with Gasteiger partial charge in [0, 0.05) is 17.7 Å². The third kappa shape index (κ3) is 4.34. The number of rotatable bonds is 3. The molecule has 1 aliphatic heterocycles. The van der Waals surface area contributed by atoms with Crippen LogP contribution in [0.3, 0.4) is 0 Å². The van der Waals surface area contributed by atoms with Gasteiger partial charge in [-0.3, -0.25) is 10.1 Å². The highest BCUT2D eigenvalue weighted by Crippen LogP contribution is 2.26. The Morgan fingerprint density at radius 1 is 1.35 bits per heavy atom. The first-order valence-electron chi connectivity index (χ1n) is 6.41. The van der Waals surface area contributed by atoms with Gasteiger partial charge in [-0.25, -0.2) is 0 Å². The molecule has 0 radical (unpaired) electrons. The van der Waals surface area contributed by atoms with Crippen molar-refractivity contribution in [1.82, 2.24) is 10.6 Å². The molecule has 5 heteroatoms. The van der Waals surface area contributed by atoms with Crippen LogP contribution in [0.15, 0.2) is 0 Å². The Morgan fingerprint density at radius 2 is 2.06 bits per heavy atom. The van der Waals surface area contributed by atoms with Crippen LogP contribution in [0.4, 0.5) is 0 Å². The van der Waals surface area contributed by atoms with Crippen LogP contribution >= 0.6 is 24.2 Å². The van der Waals surface area contributed by atoms with Crippen LogP contribution in [0, 0.1) is 5.92 Å². The fourth-order valence-electron chi connectivity index (χ4n) is 2.58. The Labute approximate surface area is 114 Å². The second-order valence-corrected chi connectivity index (χ2v) is 5.94. The summed E-state index contributed by atoms with van der Waals surface area (Å²) in [6.07, 6.45) is 6.21. The summed E-state index contributed by atoms with van der Waals surface area (Å²) in [7, 11) is 0. The standard InChI is InChI=1S/C12H22N2OS.ClH/c1-2-9-3-5-10(6-4-9)14-12(15)11-7-16-8-13-11;/h9-11,13H,2-8H2,1H3,(H,14,15);1H. The Bertz CT molecular complexity index is 239. The van der Waals surface area contributed by atoms with Gasteiger partial charge in [0.1, 0.15) is 0 Å². The van der Waals surface area contributed by atoms with E-state index in [0.29, 0.717) is 6.04 Å². The van der Waals surface area contributed by atoms with Crippen molar-refractivity contribution in [1.29, 1.82) is 0 Å². The van der Waals surface area contributed by atoms with Gasteiger partial charge in [-0.15, -0.1) is 24.2 Å². The van der Waals surface area contributed by atoms with Gasteiger partial charge in [0.05, 0.1) is 6.04 Å². The van der Waals surface area contributed by atoms with Crippen LogP contribution in [0.5, 0.6) is 0 Å². The number of amides is 1. The average molecular weight is 279 g/mol. The normalized spacial score (nSPS) is 32.9. The zero-order valence-electron chi connectivity index (χ0n) is 10.4. The van der Waals surface area contributed by atoms with Gasteiger partial charge in [0.15, 0.2) is 0 Å². The number of nitrogens with one attached hydrogen (secondary N) is 2. The molecule has 100 valence electrons. The van der Waals surface area contributed by atoms with E-state index in [1.54, 1.807) is 11.8 Å². The molecule has 0 aromatic carbocycles. The van der Waals surface area contributed by atoms with Crippen molar-refractivity contribution in [3.63, 3.8) is 0 Å². The van der Waals surface area contributed by atoms with Gasteiger partial charge in [0.25, 0.3) is 0 Å². The van der Waals surface area contributed by atoms with Crippen molar-refractivity contribution in [2.45, 2.75) is 51.1 Å². The summed E-state index contributed by atoms with van der Waals surface area (Å²) in [5, 5.41) is 6.41. The lowest BCUT2D eigenvalue weighted by molar-refractivity contribution is -0.123. The quantitative estimate of drug-likeness (QED) is 0.831. The molecule has 0 aromatic rings. The van der Waals surface area contributed by atoms with E-state index in [-0.39, 0.29) is 24.4 Å². The van der Waals surface area contributed by atoms with Gasteiger partial charge in [-0.05, 0) is 31.6 Å². The molecule has 1 atom stereocenters. The summed E-state index contributed by atoms with van der Waals surface area (Å²) in [6, 6.07) is 0.483. The summed E-state index contributed by atoms with van der Waals surface area (Å²) < 4.78 is 0. The topological polar surface area (TPSA) is 41.1 Å². The van der Waals surface area contributed by atoms with Gasteiger partial charge in [-0.1, -0.05) is 13.3 Å². The van der Waals surface area contributed by atoms with Gasteiger partial charge in [0.2, 0.25) is 5.91 Å². The van der Waals surface area contributed by atoms with E-state index in [1.807, 2.05) is 0 Å². The van der Waals surface area contributed by atoms with Crippen LogP contribution in [-0.4, -0.2) is 29.6 Å². The summed E-state index contributed by atoms with van der Waals surface area (Å²) in [6.45, 7) is 2.27. The Kier molecular flexibility index (Phi) is 6.67. The third-order valence-electron chi connectivity index (χ3n) is 3.80. The highest BCUT2D eigenvalue weighted by Gasteiger charge is 2.26. The molecule has 2 rings (SSSR count). The molecule has 2 N–H and O–H groups in total. The number of carbonyl (C=O) groups is 1. The molecule has 0 spiro atoms. The molecule has 2 aliphatic rings. The third-order valence-corrected chi connectivity index (χ3v) is 4.74. The minimum absolute atomic E-state index is 0. The van der Waals surface area contributed by atoms with Crippen LogP contribution in [-0.2, 0) is 4.79 Å². The monoisotopic (exact) mass is 278 g/mol. The molecule has 17 heavy (non-hydrogen) atoms. The molecule has 1 heterocycles. The SMILES string of the molecule is CCC1CCC(NC(=O)C2CSCN2)CC1.Cl. The minimum atomic E-state index is 0. The number of halogens is 1. The number of hydrogen-bond acceptors (Lipinski definition) is 3. The molecule has 2 fully saturated rings. The van der Waals surface area contributed by atoms with Crippen LogP contribution in [0.2, 0.25) is 0 Å². The zero-order valence-corrected chi connectivity index (χ0v) is 12.0. The first-order chi connectivity index (χ1) is 7.79. The van der Waals surface area contributed by atoms with E-state index in [1.165, 1.54) is 32.1 Å². The smallest absolute Gasteiger partial charge is 0.238 e. The highest BCUT2D eigenvalue weighted by molar-refractivity contribution is 7.99. The minimum Gasteiger partial charge on any atom is -0.352 e. The maximum atomic E-state index is 11.9. The molecule has 3 nitrogen and oxygen atoms in total. The second-order valence-electron chi connectivity index (χ2n) is 4.91. The molecule has 1 unspecified atom stereocenters. The molecule has 0 aromatic heterocycles. The molecule has 1 amide bonds. The van der Waals surface area contributed by atoms with Crippen molar-refractivity contribution >= 4 is 30.1 Å². The van der Waals surface area contributed by atoms with E-state index in [4.69, 9.17) is 0 Å². The van der Waals surface area contributed by atoms with Crippen LogP contribution in [0.1, 0.15) is 39.0 Å². The summed E-state index contributed by atoms with van der Waals surface area (Å²) in [4.78, 5) is 11.9. The van der Waals surface area contributed by atoms with E-state index >= 15 is 0 Å². The number of hydrogen-bond donors (Lipinski definition) is 2. The second kappa shape index (κ2) is 7.49. The molecule has 1 aliphatic carbocycles. The fraction of sp³-hybridized carbons (Fsp3) is 0.917. The lowest BCUT2D eigenvalue weighted by Crippen LogP contribution is -2.47. The van der Waals surface area contributed by atoms with Crippen molar-refractivity contribution in [3.8, 4) is 0 Å². The highest BCUT2D eigenvalue weighted by atomic mass is 35.5. The largest absolute Gasteiger partial charge is 0.352 e. The van der Waals surface area contributed by atoms with Crippen LogP contribution < -0.4 is 10.6 Å². The lowest BCUT2D eigenvalue weighted by Gasteiger charge is -2.29. The predicted molar refractivity (Wildman–Crippen MR) is 75.7 cm³/mol. The predicted octanol–water partition coefficient (Wildman–Crippen LogP) is 2.16. The zero-order chi connectivity index (χ0) is 11.4. The lowest BCUT2D eigenvalue weighted by atomic mass is 9.84. The fourth-order valence-corrected chi connectivity index (χ4v) is 3.52. The number of thioether (sulfide) groups is 1. The first-order valence-corrected chi connectivity index (χ1v) is 7.56. The molecular weight excluding hydrogens is 256 g/mol.